The third kappa shape index (κ3) is 49.0. The number of morpholine rings is 1. The number of imide groups is 1. The zero-order chi connectivity index (χ0) is 109. The van der Waals surface area contributed by atoms with Crippen LogP contribution in [0, 0.1) is 12.8 Å². The van der Waals surface area contributed by atoms with Crippen LogP contribution in [0.5, 0.6) is 5.75 Å². The van der Waals surface area contributed by atoms with Crippen molar-refractivity contribution in [3.8, 4) is 5.75 Å². The number of hydrogen-bond acceptors (Lipinski definition) is 45. The molecule has 8 aliphatic heterocycles. The lowest BCUT2D eigenvalue weighted by Crippen LogP contribution is -2.36. The highest BCUT2D eigenvalue weighted by molar-refractivity contribution is 6.08. The van der Waals surface area contributed by atoms with E-state index in [0.29, 0.717) is 47.3 Å². The van der Waals surface area contributed by atoms with Gasteiger partial charge in [0.25, 0.3) is 41.4 Å². The van der Waals surface area contributed by atoms with Gasteiger partial charge in [0.2, 0.25) is 12.7 Å². The second kappa shape index (κ2) is 64.0. The van der Waals surface area contributed by atoms with E-state index in [0.717, 1.165) is 124 Å². The summed E-state index contributed by atoms with van der Waals surface area (Å²) >= 11 is 0. The Hall–Kier alpha value is -19.7. The molecule has 788 valence electrons. The lowest BCUT2D eigenvalue weighted by molar-refractivity contribution is -0.167. The molecule has 1 aromatic heterocycles. The fourth-order valence-electron chi connectivity index (χ4n) is 10.4. The third-order valence-electron chi connectivity index (χ3n) is 18.1. The monoisotopic (exact) mass is 2070 g/mol. The van der Waals surface area contributed by atoms with Crippen molar-refractivity contribution in [3.05, 3.63) is 318 Å². The van der Waals surface area contributed by atoms with E-state index in [1.54, 1.807) is 44.2 Å². The van der Waals surface area contributed by atoms with Crippen molar-refractivity contribution in [2.75, 3.05) is 92.5 Å². The maximum atomic E-state index is 11.6. The molecule has 52 heteroatoms. The number of esters is 13. The zero-order valence-corrected chi connectivity index (χ0v) is 80.0. The highest BCUT2D eigenvalue weighted by atomic mass is 16.7. The minimum atomic E-state index is -0.901. The van der Waals surface area contributed by atoms with Crippen LogP contribution in [0.3, 0.4) is 0 Å². The van der Waals surface area contributed by atoms with Crippen molar-refractivity contribution in [2.45, 2.75) is 53.2 Å². The van der Waals surface area contributed by atoms with Crippen molar-refractivity contribution < 1.29 is 176 Å². The van der Waals surface area contributed by atoms with Gasteiger partial charge in [-0.05, 0) is 44.0 Å². The molecule has 149 heavy (non-hydrogen) atoms. The lowest BCUT2D eigenvalue weighted by Gasteiger charge is -2.26. The summed E-state index contributed by atoms with van der Waals surface area (Å²) < 4.78 is 77.3. The molecule has 0 bridgehead atoms. The van der Waals surface area contributed by atoms with Crippen LogP contribution >= 0.6 is 0 Å². The number of carbonyl (C=O) groups excluding carboxylic acids is 21. The summed E-state index contributed by atoms with van der Waals surface area (Å²) in [6.45, 7) is 27.8. The number of carbonyl (C=O) groups is 21. The number of para-hydroxylation sites is 1. The number of nitrogens with zero attached hydrogens (tertiary/aromatic N) is 1. The largest absolute Gasteiger partial charge is 0.519 e. The topological polar surface area (TPSA) is 691 Å². The number of ether oxygens (including phenoxy) is 14. The van der Waals surface area contributed by atoms with Crippen molar-refractivity contribution >= 4 is 125 Å². The fraction of sp³-hybridized carbons (Fsp3) is 0.237. The van der Waals surface area contributed by atoms with Gasteiger partial charge in [-0.15, -0.1) is 0 Å². The molecule has 0 radical (unpaired) electrons. The maximum Gasteiger partial charge on any atom is 0.519 e. The second-order valence-corrected chi connectivity index (χ2v) is 29.9. The quantitative estimate of drug-likeness (QED) is 0.00668. The summed E-state index contributed by atoms with van der Waals surface area (Å²) in [6.07, 6.45) is 22.1. The van der Waals surface area contributed by atoms with E-state index in [1.165, 1.54) is 50.2 Å². The van der Waals surface area contributed by atoms with E-state index in [1.807, 2.05) is 30.3 Å². The molecule has 9 heterocycles. The Kier molecular flexibility index (Phi) is 50.7. The molecule has 8 amide bonds. The molecule has 0 unspecified atom stereocenters. The van der Waals surface area contributed by atoms with Crippen LogP contribution in [-0.4, -0.2) is 222 Å². The predicted molar refractivity (Wildman–Crippen MR) is 508 cm³/mol. The van der Waals surface area contributed by atoms with E-state index in [9.17, 15) is 105 Å². The smallest absolute Gasteiger partial charge is 0.463 e. The molecule has 1 saturated heterocycles. The number of nitrogens with one attached hydrogen (secondary N) is 13. The molecule has 13 N–H and O–H groups in total. The van der Waals surface area contributed by atoms with Crippen LogP contribution in [0.15, 0.2) is 304 Å². The van der Waals surface area contributed by atoms with Crippen molar-refractivity contribution in [2.24, 2.45) is 5.92 Å². The van der Waals surface area contributed by atoms with Crippen LogP contribution in [0.1, 0.15) is 50.2 Å². The van der Waals surface area contributed by atoms with Crippen molar-refractivity contribution in [1.82, 2.24) is 74.0 Å². The predicted octanol–water partition coefficient (Wildman–Crippen LogP) is -0.220. The Morgan fingerprint density at radius 3 is 0.953 bits per heavy atom. The van der Waals surface area contributed by atoms with Crippen LogP contribution < -0.4 is 79.7 Å². The van der Waals surface area contributed by atoms with Gasteiger partial charge in [-0.1, -0.05) is 108 Å². The number of unbranched alkanes of at least 4 members (excludes halogenated alkanes) is 1. The molecule has 0 atom stereocenters. The van der Waals surface area contributed by atoms with Crippen LogP contribution in [0.25, 0.3) is 0 Å². The summed E-state index contributed by atoms with van der Waals surface area (Å²) in [7, 11) is 0. The highest BCUT2D eigenvalue weighted by Crippen LogP contribution is 2.15. The molecule has 1 fully saturated rings. The van der Waals surface area contributed by atoms with Gasteiger partial charge in [0.1, 0.15) is 93.5 Å². The van der Waals surface area contributed by atoms with Gasteiger partial charge in [0.05, 0.1) is 64.8 Å². The SMILES string of the molecule is C=C1NC=C(COC(=O)/C=C/C(=O)OCC2=CCC(=O)NC2=O)C(=O)N1.C=C1NC=C(COC(=O)/C=C/C(=O)OCCCCN2CCOCC2)C(=O)N1.C=C1NC=C(COC(=O)/C=C/C(=O)OCOC(=O)C(C)C)C(=O)N1.C=C1NC=C(COC(=O)/C=C/C(=O)OCc2ccccc2)C(=O)N1.C=C1NC=C(COC(=O)/C=C/C(=O)OCc2oc(=O)oc2C)C(=O)N1.C=C1NC=C(COC(=O)/C=C/C(=O)Oc2ccccc2)C(=O)N1. The van der Waals surface area contributed by atoms with E-state index < -0.39 is 137 Å². The third-order valence-corrected chi connectivity index (χ3v) is 18.1. The van der Waals surface area contributed by atoms with E-state index in [2.05, 4.69) is 132 Å². The highest BCUT2D eigenvalue weighted by Gasteiger charge is 2.26. The van der Waals surface area contributed by atoms with E-state index in [-0.39, 0.29) is 122 Å². The van der Waals surface area contributed by atoms with Gasteiger partial charge < -0.3 is 139 Å². The van der Waals surface area contributed by atoms with Gasteiger partial charge in [-0.3, -0.25) is 53.4 Å². The molecular formula is C97H102N14O38. The second-order valence-electron chi connectivity index (χ2n) is 29.9. The molecule has 3 aromatic rings. The summed E-state index contributed by atoms with van der Waals surface area (Å²) in [5, 5.41) is 32.7. The van der Waals surface area contributed by atoms with Gasteiger partial charge >= 0.3 is 83.4 Å². The number of rotatable bonds is 39. The normalized spacial score (nSPS) is 15.1. The molecule has 0 aliphatic carbocycles. The molecular weight excluding hydrogens is 1970 g/mol. The molecule has 0 spiro atoms. The standard InChI is InChI=1S/C18H25N3O6.C17H16N2O5.C16H15N3O7.C16H14N2O5.C15H14N2O8.C15H18N2O7/c1-14-19-12-15(18(24)20-14)13-27-17(23)5-4-16(22)26-9-3-2-6-21-7-10-25-11-8-21;1-12-18-9-14(17(22)19-12)11-24-16(21)8-7-15(20)23-10-13-5-3-2-4-6-13;1-9-17-6-11(16(24)18-9)8-26-14(22)5-4-13(21)25-7-10-2-3-12(20)19-15(10)23;1-11-17-9-12(16(21)18-11)10-22-14(19)7-8-15(20)23-13-5-3-2-4-6-13;1-8-11(25-15(21)24-8)7-23-13(19)4-3-12(18)22-6-10-5-16-9(2)17-14(10)20;1-9(2)15(21)24-8-23-13(19)5-4-12(18)22-7-11-6-16-10(3)17-14(11)20/h4-5,12,19H,1-3,6-11,13H2,(H,20,24);2-9,18H,1,10-11H2,(H,19,22);2,4-6,17H,1,3,7-8H2,(H,18,24)(H,19,20,23);2-9,17H,1,10H2,(H,18,21);3-5,16H,2,6-7H2,1H3,(H,17,20);4-6,9,16H,3,7-8H2,1-2H3,(H,17,20)/b5-4+;8-7+;5-4+;8-7+;4-3+;5-4+. The molecule has 11 rings (SSSR count). The Bertz CT molecular complexity index is 6040. The first kappa shape index (κ1) is 118. The number of amides is 8. The van der Waals surface area contributed by atoms with E-state index in [4.69, 9.17) is 56.8 Å². The average molecular weight is 2070 g/mol. The first-order chi connectivity index (χ1) is 71.1. The Balaban J connectivity index is 0.000000273. The van der Waals surface area contributed by atoms with Crippen LogP contribution in [-0.2, 0) is 175 Å². The number of aryl methyl sites for hydroxylation is 1. The van der Waals surface area contributed by atoms with Gasteiger partial charge in [-0.25, -0.2) is 62.3 Å². The molecule has 8 aliphatic rings. The van der Waals surface area contributed by atoms with Gasteiger partial charge in [0.15, 0.2) is 18.1 Å². The summed E-state index contributed by atoms with van der Waals surface area (Å²) in [5.41, 5.74) is 2.22. The minimum absolute atomic E-state index is 0.0203. The summed E-state index contributed by atoms with van der Waals surface area (Å²) in [5.74, 6) is -12.2. The number of hydrogen-bond donors (Lipinski definition) is 13. The molecule has 0 saturated carbocycles. The Morgan fingerprint density at radius 2 is 0.638 bits per heavy atom. The summed E-state index contributed by atoms with van der Waals surface area (Å²) in [6, 6.07) is 17.6. The van der Waals surface area contributed by atoms with E-state index >= 15 is 0 Å². The molecule has 52 nitrogen and oxygen atoms in total. The maximum absolute atomic E-state index is 11.6. The molecule has 2 aromatic carbocycles. The lowest BCUT2D eigenvalue weighted by atomic mass is 10.1. The van der Waals surface area contributed by atoms with Crippen LogP contribution in [0.4, 0.5) is 0 Å². The first-order valence-corrected chi connectivity index (χ1v) is 43.7. The average Bonchev–Trinajstić information content (AvgIpc) is 1.86. The first-order valence-electron chi connectivity index (χ1n) is 43.7. The van der Waals surface area contributed by atoms with Crippen LogP contribution in [0.2, 0.25) is 0 Å². The Morgan fingerprint density at radius 1 is 0.342 bits per heavy atom. The van der Waals surface area contributed by atoms with Crippen molar-refractivity contribution in [3.63, 3.8) is 0 Å². The van der Waals surface area contributed by atoms with Gasteiger partial charge in [0, 0.05) is 130 Å². The van der Waals surface area contributed by atoms with Gasteiger partial charge in [-0.2, -0.15) is 0 Å². The van der Waals surface area contributed by atoms with Crippen molar-refractivity contribution in [1.29, 1.82) is 0 Å². The minimum Gasteiger partial charge on any atom is -0.463 e. The Labute approximate surface area is 846 Å². The number of benzene rings is 2. The summed E-state index contributed by atoms with van der Waals surface area (Å²) in [4.78, 5) is 254. The fourth-order valence-corrected chi connectivity index (χ4v) is 10.4. The zero-order valence-electron chi connectivity index (χ0n) is 80.0.